The van der Waals surface area contributed by atoms with Gasteiger partial charge in [0.25, 0.3) is 11.3 Å². The van der Waals surface area contributed by atoms with Crippen molar-refractivity contribution in [2.45, 2.75) is 18.1 Å². The Labute approximate surface area is 130 Å². The van der Waals surface area contributed by atoms with E-state index in [0.29, 0.717) is 5.17 Å². The second-order valence-electron chi connectivity index (χ2n) is 5.20. The predicted octanol–water partition coefficient (Wildman–Crippen LogP) is -0.732. The molecule has 0 N–H and O–H groups in total. The Balaban J connectivity index is 2.17. The molecule has 0 aromatic rings. The van der Waals surface area contributed by atoms with Crippen LogP contribution in [0.25, 0.3) is 0 Å². The lowest BCUT2D eigenvalue weighted by molar-refractivity contribution is -0.714. The number of hydrazone groups is 1. The molecular weight excluding hydrogens is 308 g/mol. The zero-order valence-corrected chi connectivity index (χ0v) is 12.4. The smallest absolute Gasteiger partial charge is 0.411 e. The lowest BCUT2D eigenvalue weighted by atomic mass is 9.76. The van der Waals surface area contributed by atoms with E-state index in [1.54, 1.807) is 24.3 Å². The van der Waals surface area contributed by atoms with Gasteiger partial charge in [-0.2, -0.15) is 0 Å². The van der Waals surface area contributed by atoms with Crippen molar-refractivity contribution < 1.29 is 33.5 Å². The van der Waals surface area contributed by atoms with E-state index in [0.717, 1.165) is 14.2 Å². The summed E-state index contributed by atoms with van der Waals surface area (Å²) in [5.41, 5.74) is -2.85. The molecule has 0 radical (unpaired) electrons. The van der Waals surface area contributed by atoms with E-state index in [1.165, 1.54) is 0 Å². The van der Waals surface area contributed by atoms with Gasteiger partial charge in [-0.25, -0.2) is 14.4 Å². The lowest BCUT2D eigenvalue weighted by Crippen LogP contribution is -2.59. The second kappa shape index (κ2) is 5.20. The third-order valence-electron chi connectivity index (χ3n) is 4.19. The highest BCUT2D eigenvalue weighted by Crippen LogP contribution is 2.45. The summed E-state index contributed by atoms with van der Waals surface area (Å²) in [5.74, 6) is -3.79. The van der Waals surface area contributed by atoms with Crippen LogP contribution in [0.5, 0.6) is 0 Å². The number of hydroxylamine groups is 1. The Hall–Kier alpha value is -2.68. The van der Waals surface area contributed by atoms with Crippen molar-refractivity contribution in [2.75, 3.05) is 14.2 Å². The van der Waals surface area contributed by atoms with E-state index in [-0.39, 0.29) is 11.3 Å². The monoisotopic (exact) mass is 322 g/mol. The number of hydrogen-bond donors (Lipinski definition) is 0. The molecule has 3 rings (SSSR count). The summed E-state index contributed by atoms with van der Waals surface area (Å²) in [5, 5.41) is 13.0. The maximum absolute atomic E-state index is 12.8. The number of carbonyl (C=O) groups is 3. The highest BCUT2D eigenvalue weighted by molar-refractivity contribution is 6.66. The van der Waals surface area contributed by atoms with Crippen molar-refractivity contribution in [2.24, 2.45) is 5.92 Å². The third-order valence-corrected chi connectivity index (χ3v) is 4.19. The fourth-order valence-corrected chi connectivity index (χ4v) is 3.15. The molecule has 3 aliphatic rings. The van der Waals surface area contributed by atoms with E-state index in [9.17, 15) is 19.6 Å². The molecule has 0 aromatic carbocycles. The molecule has 9 heteroatoms. The zero-order chi connectivity index (χ0) is 16.8. The first-order chi connectivity index (χ1) is 11.0. The molecular formula is C14H14N2O7. The topological polar surface area (TPSA) is 108 Å². The number of fused-ring (bicyclic) bond motifs is 3. The standard InChI is InChI=1S/C14H14N2O7/c1-21-12(18)10-11(17)14(13(19)22-2)8-6-4-3-5-7-9(8)23-16(14)15(10)20/h3-5,7-9H,6H2,1-2H3/t8-,9-,14?/m1/s1. The minimum absolute atomic E-state index is 0.0305. The van der Waals surface area contributed by atoms with Crippen molar-refractivity contribution in [3.63, 3.8) is 0 Å². The van der Waals surface area contributed by atoms with E-state index >= 15 is 0 Å². The number of esters is 2. The molecule has 122 valence electrons. The second-order valence-corrected chi connectivity index (χ2v) is 5.20. The number of hydrazine groups is 1. The Morgan fingerprint density at radius 1 is 1.39 bits per heavy atom. The average molecular weight is 322 g/mol. The van der Waals surface area contributed by atoms with Crippen LogP contribution in [0.1, 0.15) is 6.42 Å². The molecule has 0 saturated carbocycles. The summed E-state index contributed by atoms with van der Waals surface area (Å²) in [6, 6.07) is 0. The largest absolute Gasteiger partial charge is 0.594 e. The zero-order valence-electron chi connectivity index (χ0n) is 12.4. The highest BCUT2D eigenvalue weighted by atomic mass is 16.8. The number of hydrogen-bond acceptors (Lipinski definition) is 8. The molecule has 9 nitrogen and oxygen atoms in total. The number of Topliss-reactive ketones (excluding diaryl/α,β-unsaturated/α-hetero) is 1. The summed E-state index contributed by atoms with van der Waals surface area (Å²) in [4.78, 5) is 42.5. The number of carbonyl (C=O) groups excluding carboxylic acids is 3. The molecule has 0 spiro atoms. The fraction of sp³-hybridized carbons (Fsp3) is 0.429. The quantitative estimate of drug-likeness (QED) is 0.283. The number of allylic oxidation sites excluding steroid dienone is 3. The fourth-order valence-electron chi connectivity index (χ4n) is 3.15. The van der Waals surface area contributed by atoms with Gasteiger partial charge < -0.3 is 14.7 Å². The summed E-state index contributed by atoms with van der Waals surface area (Å²) < 4.78 is 9.21. The molecule has 0 amide bonds. The summed E-state index contributed by atoms with van der Waals surface area (Å²) in [6.07, 6.45) is 6.44. The van der Waals surface area contributed by atoms with Gasteiger partial charge >= 0.3 is 17.7 Å². The van der Waals surface area contributed by atoms with Gasteiger partial charge in [0.05, 0.1) is 14.2 Å². The van der Waals surface area contributed by atoms with Crippen LogP contribution in [0.2, 0.25) is 0 Å². The first-order valence-electron chi connectivity index (χ1n) is 6.86. The molecule has 1 fully saturated rings. The molecule has 2 heterocycles. The molecule has 3 atom stereocenters. The number of rotatable bonds is 2. The van der Waals surface area contributed by atoms with Crippen LogP contribution in [0, 0.1) is 11.1 Å². The number of methoxy groups -OCH3 is 2. The summed E-state index contributed by atoms with van der Waals surface area (Å²) >= 11 is 0. The molecule has 1 saturated heterocycles. The molecule has 1 aliphatic carbocycles. The molecule has 23 heavy (non-hydrogen) atoms. The van der Waals surface area contributed by atoms with E-state index in [2.05, 4.69) is 4.74 Å². The average Bonchev–Trinajstić information content (AvgIpc) is 2.85. The predicted molar refractivity (Wildman–Crippen MR) is 73.5 cm³/mol. The van der Waals surface area contributed by atoms with Crippen molar-refractivity contribution in [1.29, 1.82) is 0 Å². The maximum Gasteiger partial charge on any atom is 0.411 e. The molecule has 0 bridgehead atoms. The Kier molecular flexibility index (Phi) is 3.44. The maximum atomic E-state index is 12.8. The summed E-state index contributed by atoms with van der Waals surface area (Å²) in [6.45, 7) is 0. The van der Waals surface area contributed by atoms with Crippen LogP contribution in [0.15, 0.2) is 24.3 Å². The van der Waals surface area contributed by atoms with Crippen molar-refractivity contribution in [3.8, 4) is 0 Å². The van der Waals surface area contributed by atoms with Gasteiger partial charge in [0, 0.05) is 5.92 Å². The SMILES string of the molecule is COC(=O)C1=[N+]([O-])N2O[C@@H]3C=CC=CC[C@H]3C2(C(=O)OC)C1=O. The molecule has 0 aromatic heterocycles. The van der Waals surface area contributed by atoms with Gasteiger partial charge in [0.2, 0.25) is 0 Å². The Morgan fingerprint density at radius 2 is 2.13 bits per heavy atom. The normalized spacial score (nSPS) is 31.7. The van der Waals surface area contributed by atoms with Crippen LogP contribution in [0.4, 0.5) is 0 Å². The van der Waals surface area contributed by atoms with Crippen molar-refractivity contribution in [3.05, 3.63) is 29.5 Å². The van der Waals surface area contributed by atoms with Crippen LogP contribution >= 0.6 is 0 Å². The summed E-state index contributed by atoms with van der Waals surface area (Å²) in [7, 11) is 2.13. The minimum Gasteiger partial charge on any atom is -0.594 e. The van der Waals surface area contributed by atoms with Crippen molar-refractivity contribution in [1.82, 2.24) is 5.17 Å². The van der Waals surface area contributed by atoms with Gasteiger partial charge in [0.15, 0.2) is 0 Å². The lowest BCUT2D eigenvalue weighted by Gasteiger charge is -2.26. The van der Waals surface area contributed by atoms with Crippen molar-refractivity contribution >= 4 is 23.4 Å². The van der Waals surface area contributed by atoms with Crippen LogP contribution in [-0.2, 0) is 28.7 Å². The first-order valence-corrected chi connectivity index (χ1v) is 6.86. The Bertz CT molecular complexity index is 681. The van der Waals surface area contributed by atoms with Gasteiger partial charge in [0.1, 0.15) is 6.10 Å². The number of nitrogens with zero attached hydrogens (tertiary/aromatic N) is 2. The van der Waals surface area contributed by atoms with Crippen LogP contribution in [-0.4, -0.2) is 59.3 Å². The van der Waals surface area contributed by atoms with Crippen LogP contribution < -0.4 is 0 Å². The minimum atomic E-state index is -2.04. The van der Waals surface area contributed by atoms with Crippen LogP contribution in [0.3, 0.4) is 0 Å². The van der Waals surface area contributed by atoms with E-state index in [4.69, 9.17) is 9.57 Å². The molecule has 2 aliphatic heterocycles. The third kappa shape index (κ3) is 1.76. The highest BCUT2D eigenvalue weighted by Gasteiger charge is 2.76. The van der Waals surface area contributed by atoms with Gasteiger partial charge in [-0.1, -0.05) is 24.3 Å². The Morgan fingerprint density at radius 3 is 2.78 bits per heavy atom. The van der Waals surface area contributed by atoms with E-state index in [1.807, 2.05) is 0 Å². The first kappa shape index (κ1) is 15.2. The number of ether oxygens (including phenoxy) is 2. The van der Waals surface area contributed by atoms with E-state index < -0.39 is 41.0 Å². The van der Waals surface area contributed by atoms with Gasteiger partial charge in [-0.05, 0) is 16.4 Å². The number of ketones is 1. The van der Waals surface area contributed by atoms with Gasteiger partial charge in [-0.3, -0.25) is 4.79 Å². The van der Waals surface area contributed by atoms with Gasteiger partial charge in [-0.15, -0.1) is 0 Å². The molecule has 1 unspecified atom stereocenters.